The van der Waals surface area contributed by atoms with E-state index < -0.39 is 23.9 Å². The van der Waals surface area contributed by atoms with Gasteiger partial charge in [-0.05, 0) is 25.0 Å². The molecule has 0 aliphatic heterocycles. The molecule has 0 bridgehead atoms. The molecule has 1 atom stereocenters. The fraction of sp³-hybridized carbons (Fsp3) is 0.412. The van der Waals surface area contributed by atoms with Gasteiger partial charge in [0.25, 0.3) is 0 Å². The maximum Gasteiger partial charge on any atom is 0.416 e. The summed E-state index contributed by atoms with van der Waals surface area (Å²) in [4.78, 5) is 12.1. The van der Waals surface area contributed by atoms with Crippen molar-refractivity contribution < 1.29 is 23.1 Å². The summed E-state index contributed by atoms with van der Waals surface area (Å²) in [5.41, 5.74) is 0.436. The lowest BCUT2D eigenvalue weighted by Crippen LogP contribution is -2.33. The molecule has 2 aromatic rings. The molecule has 6 nitrogen and oxygen atoms in total. The maximum absolute atomic E-state index is 13.0. The largest absolute Gasteiger partial charge is 0.416 e. The molecule has 1 heterocycles. The van der Waals surface area contributed by atoms with Crippen LogP contribution in [0.2, 0.25) is 0 Å². The molecule has 0 radical (unpaired) electrons. The number of urea groups is 1. The van der Waals surface area contributed by atoms with Gasteiger partial charge in [-0.25, -0.2) is 4.79 Å². The zero-order valence-corrected chi connectivity index (χ0v) is 14.7. The van der Waals surface area contributed by atoms with Crippen molar-refractivity contribution in [3.63, 3.8) is 0 Å². The summed E-state index contributed by atoms with van der Waals surface area (Å²) in [6.45, 7) is 3.38. The van der Waals surface area contributed by atoms with Crippen LogP contribution in [0.4, 0.5) is 23.8 Å². The summed E-state index contributed by atoms with van der Waals surface area (Å²) in [7, 11) is 1.68. The number of halogens is 3. The van der Waals surface area contributed by atoms with Gasteiger partial charge in [0.2, 0.25) is 0 Å². The molecule has 0 saturated carbocycles. The summed E-state index contributed by atoms with van der Waals surface area (Å²) in [5, 5.41) is 19.3. The number of hydrogen-bond donors (Lipinski definition) is 3. The Bertz CT molecular complexity index is 787. The standard InChI is InChI=1S/C17H21F3N4O2/c1-4-11-10(2)23-24(3)15(11)22-16(26)21-9-14(25)12-7-5-6-8-13(12)17(18,19)20/h5-8,14,25H,4,9H2,1-3H3,(H2,21,22,26). The number of anilines is 1. The third-order valence-electron chi connectivity index (χ3n) is 4.01. The molecular weight excluding hydrogens is 349 g/mol. The van der Waals surface area contributed by atoms with Gasteiger partial charge in [0.1, 0.15) is 5.82 Å². The highest BCUT2D eigenvalue weighted by Gasteiger charge is 2.34. The Morgan fingerprint density at radius 2 is 2.00 bits per heavy atom. The molecule has 142 valence electrons. The Kier molecular flexibility index (Phi) is 5.91. The maximum atomic E-state index is 13.0. The second-order valence-electron chi connectivity index (χ2n) is 5.83. The van der Waals surface area contributed by atoms with Crippen LogP contribution in [0, 0.1) is 6.92 Å². The third kappa shape index (κ3) is 4.34. The van der Waals surface area contributed by atoms with Gasteiger partial charge in [-0.2, -0.15) is 18.3 Å². The summed E-state index contributed by atoms with van der Waals surface area (Å²) >= 11 is 0. The number of carbonyl (C=O) groups is 1. The quantitative estimate of drug-likeness (QED) is 0.756. The number of rotatable bonds is 5. The van der Waals surface area contributed by atoms with E-state index in [1.165, 1.54) is 22.9 Å². The van der Waals surface area contributed by atoms with Gasteiger partial charge in [0.15, 0.2) is 0 Å². The monoisotopic (exact) mass is 370 g/mol. The Balaban J connectivity index is 2.05. The van der Waals surface area contributed by atoms with E-state index in [2.05, 4.69) is 15.7 Å². The zero-order valence-electron chi connectivity index (χ0n) is 14.7. The van der Waals surface area contributed by atoms with E-state index in [1.54, 1.807) is 7.05 Å². The second kappa shape index (κ2) is 7.77. The summed E-state index contributed by atoms with van der Waals surface area (Å²) in [6.07, 6.45) is -5.41. The molecule has 9 heteroatoms. The number of amides is 2. The normalized spacial score (nSPS) is 12.7. The zero-order chi connectivity index (χ0) is 19.5. The van der Waals surface area contributed by atoms with Crippen molar-refractivity contribution in [2.24, 2.45) is 7.05 Å². The second-order valence-corrected chi connectivity index (χ2v) is 5.83. The predicted octanol–water partition coefficient (Wildman–Crippen LogP) is 3.16. The SMILES string of the molecule is CCc1c(C)nn(C)c1NC(=O)NCC(O)c1ccccc1C(F)(F)F. The first-order chi connectivity index (χ1) is 12.1. The van der Waals surface area contributed by atoms with Crippen LogP contribution in [-0.4, -0.2) is 27.5 Å². The minimum absolute atomic E-state index is 0.286. The Morgan fingerprint density at radius 1 is 1.35 bits per heavy atom. The fourth-order valence-corrected chi connectivity index (χ4v) is 2.78. The first-order valence-electron chi connectivity index (χ1n) is 8.06. The number of aryl methyl sites for hydroxylation is 2. The Morgan fingerprint density at radius 3 is 2.62 bits per heavy atom. The van der Waals surface area contributed by atoms with Gasteiger partial charge >= 0.3 is 12.2 Å². The van der Waals surface area contributed by atoms with Crippen molar-refractivity contribution in [2.45, 2.75) is 32.5 Å². The van der Waals surface area contributed by atoms with Crippen molar-refractivity contribution >= 4 is 11.8 Å². The van der Waals surface area contributed by atoms with Crippen LogP contribution in [0.1, 0.15) is 35.4 Å². The van der Waals surface area contributed by atoms with E-state index in [0.717, 1.165) is 17.3 Å². The van der Waals surface area contributed by atoms with Crippen molar-refractivity contribution in [1.29, 1.82) is 0 Å². The van der Waals surface area contributed by atoms with Crippen LogP contribution in [0.3, 0.4) is 0 Å². The number of aliphatic hydroxyl groups is 1. The van der Waals surface area contributed by atoms with Crippen LogP contribution in [0.15, 0.2) is 24.3 Å². The van der Waals surface area contributed by atoms with Crippen LogP contribution in [0.5, 0.6) is 0 Å². The van der Waals surface area contributed by atoms with Crippen molar-refractivity contribution in [3.8, 4) is 0 Å². The summed E-state index contributed by atoms with van der Waals surface area (Å²) in [5.74, 6) is 0.507. The van der Waals surface area contributed by atoms with E-state index in [1.807, 2.05) is 13.8 Å². The molecule has 0 aliphatic carbocycles. The highest BCUT2D eigenvalue weighted by molar-refractivity contribution is 5.89. The molecular formula is C17H21F3N4O2. The van der Waals surface area contributed by atoms with Crippen LogP contribution < -0.4 is 10.6 Å². The average molecular weight is 370 g/mol. The van der Waals surface area contributed by atoms with Gasteiger partial charge in [0.05, 0.1) is 17.4 Å². The third-order valence-corrected chi connectivity index (χ3v) is 4.01. The molecule has 1 aromatic heterocycles. The molecule has 3 N–H and O–H groups in total. The predicted molar refractivity (Wildman–Crippen MR) is 90.7 cm³/mol. The minimum atomic E-state index is -4.58. The number of carbonyl (C=O) groups excluding carboxylic acids is 1. The van der Waals surface area contributed by atoms with Crippen LogP contribution in [0.25, 0.3) is 0 Å². The molecule has 2 amide bonds. The number of hydrogen-bond acceptors (Lipinski definition) is 3. The first kappa shape index (κ1) is 19.8. The number of aliphatic hydroxyl groups excluding tert-OH is 1. The van der Waals surface area contributed by atoms with E-state index in [-0.39, 0.29) is 12.1 Å². The molecule has 0 fully saturated rings. The lowest BCUT2D eigenvalue weighted by atomic mass is 10.0. The topological polar surface area (TPSA) is 79.2 Å². The van der Waals surface area contributed by atoms with Crippen LogP contribution in [-0.2, 0) is 19.6 Å². The van der Waals surface area contributed by atoms with Gasteiger partial charge < -0.3 is 10.4 Å². The van der Waals surface area contributed by atoms with Gasteiger partial charge in [-0.15, -0.1) is 0 Å². The Labute approximate surface area is 149 Å². The smallest absolute Gasteiger partial charge is 0.387 e. The number of aromatic nitrogens is 2. The number of benzene rings is 1. The summed E-state index contributed by atoms with van der Waals surface area (Å²) in [6, 6.07) is 4.10. The highest BCUT2D eigenvalue weighted by Crippen LogP contribution is 2.34. The summed E-state index contributed by atoms with van der Waals surface area (Å²) < 4.78 is 40.5. The molecule has 1 unspecified atom stereocenters. The number of nitrogens with zero attached hydrogens (tertiary/aromatic N) is 2. The average Bonchev–Trinajstić information content (AvgIpc) is 2.84. The molecule has 0 spiro atoms. The number of nitrogens with one attached hydrogen (secondary N) is 2. The molecule has 2 rings (SSSR count). The van der Waals surface area contributed by atoms with Gasteiger partial charge in [-0.3, -0.25) is 10.00 Å². The van der Waals surface area contributed by atoms with E-state index in [4.69, 9.17) is 0 Å². The van der Waals surface area contributed by atoms with Crippen molar-refractivity contribution in [2.75, 3.05) is 11.9 Å². The molecule has 0 aliphatic rings. The van der Waals surface area contributed by atoms with Gasteiger partial charge in [-0.1, -0.05) is 25.1 Å². The highest BCUT2D eigenvalue weighted by atomic mass is 19.4. The molecule has 0 saturated heterocycles. The van der Waals surface area contributed by atoms with Crippen LogP contribution >= 0.6 is 0 Å². The first-order valence-corrected chi connectivity index (χ1v) is 8.06. The Hall–Kier alpha value is -2.55. The van der Waals surface area contributed by atoms with Crippen molar-refractivity contribution in [3.05, 3.63) is 46.6 Å². The molecule has 1 aromatic carbocycles. The number of alkyl halides is 3. The fourth-order valence-electron chi connectivity index (χ4n) is 2.78. The van der Waals surface area contributed by atoms with E-state index >= 15 is 0 Å². The van der Waals surface area contributed by atoms with Crippen molar-refractivity contribution in [1.82, 2.24) is 15.1 Å². The van der Waals surface area contributed by atoms with E-state index in [0.29, 0.717) is 12.2 Å². The molecule has 26 heavy (non-hydrogen) atoms. The van der Waals surface area contributed by atoms with E-state index in [9.17, 15) is 23.1 Å². The minimum Gasteiger partial charge on any atom is -0.387 e. The lowest BCUT2D eigenvalue weighted by molar-refractivity contribution is -0.139. The lowest BCUT2D eigenvalue weighted by Gasteiger charge is -2.18. The van der Waals surface area contributed by atoms with Gasteiger partial charge in [0, 0.05) is 19.2 Å².